The Morgan fingerprint density at radius 2 is 2.05 bits per heavy atom. The van der Waals surface area contributed by atoms with Crippen molar-refractivity contribution in [1.29, 1.82) is 0 Å². The van der Waals surface area contributed by atoms with E-state index in [0.717, 1.165) is 6.42 Å². The first kappa shape index (κ1) is 17.3. The summed E-state index contributed by atoms with van der Waals surface area (Å²) in [5, 5.41) is 9.16. The van der Waals surface area contributed by atoms with Crippen LogP contribution in [0.15, 0.2) is 6.20 Å². The molecule has 1 heterocycles. The van der Waals surface area contributed by atoms with Gasteiger partial charge in [0.25, 0.3) is 0 Å². The fraction of sp³-hybridized carbons (Fsp3) is 0.643. The molecule has 0 unspecified atom stereocenters. The fourth-order valence-electron chi connectivity index (χ4n) is 1.54. The number of ether oxygens (including phenoxy) is 3. The number of aromatic carboxylic acids is 1. The lowest BCUT2D eigenvalue weighted by atomic mass is 10.2. The van der Waals surface area contributed by atoms with Crippen LogP contribution in [0.3, 0.4) is 0 Å². The molecule has 1 aromatic heterocycles. The molecular weight excluding hydrogens is 276 g/mol. The van der Waals surface area contributed by atoms with E-state index in [9.17, 15) is 4.79 Å². The summed E-state index contributed by atoms with van der Waals surface area (Å²) < 4.78 is 15.6. The molecule has 0 spiro atoms. The van der Waals surface area contributed by atoms with Crippen LogP contribution < -0.4 is 4.74 Å². The van der Waals surface area contributed by atoms with E-state index in [1.54, 1.807) is 7.11 Å². The summed E-state index contributed by atoms with van der Waals surface area (Å²) in [4.78, 5) is 19.3. The number of methoxy groups -OCH3 is 1. The minimum absolute atomic E-state index is 0.0567. The lowest BCUT2D eigenvalue weighted by Crippen LogP contribution is -2.13. The highest BCUT2D eigenvalue weighted by Gasteiger charge is 2.16. The van der Waals surface area contributed by atoms with Gasteiger partial charge < -0.3 is 19.3 Å². The standard InChI is InChI=1S/C14H22N2O5/c1-10(2)13-15-9-11(12(16-13)14(17)18)21-8-7-20-6-4-5-19-3/h9-10H,4-8H2,1-3H3,(H,17,18). The van der Waals surface area contributed by atoms with Crippen LogP contribution in [0.5, 0.6) is 5.75 Å². The van der Waals surface area contributed by atoms with Gasteiger partial charge in [-0.15, -0.1) is 0 Å². The van der Waals surface area contributed by atoms with Crippen LogP contribution in [0.25, 0.3) is 0 Å². The molecule has 0 atom stereocenters. The van der Waals surface area contributed by atoms with E-state index >= 15 is 0 Å². The van der Waals surface area contributed by atoms with Crippen molar-refractivity contribution < 1.29 is 24.1 Å². The highest BCUT2D eigenvalue weighted by atomic mass is 16.5. The third kappa shape index (κ3) is 6.05. The smallest absolute Gasteiger partial charge is 0.358 e. The van der Waals surface area contributed by atoms with Crippen LogP contribution in [-0.2, 0) is 9.47 Å². The third-order valence-corrected chi connectivity index (χ3v) is 2.62. The molecule has 0 aliphatic heterocycles. The van der Waals surface area contributed by atoms with E-state index in [4.69, 9.17) is 19.3 Å². The van der Waals surface area contributed by atoms with Gasteiger partial charge in [0, 0.05) is 26.2 Å². The number of aromatic nitrogens is 2. The number of nitrogens with zero attached hydrogens (tertiary/aromatic N) is 2. The number of hydrogen-bond donors (Lipinski definition) is 1. The zero-order valence-electron chi connectivity index (χ0n) is 12.7. The Kier molecular flexibility index (Phi) is 7.63. The Balaban J connectivity index is 2.49. The maximum Gasteiger partial charge on any atom is 0.358 e. The van der Waals surface area contributed by atoms with Crippen molar-refractivity contribution in [2.24, 2.45) is 0 Å². The minimum atomic E-state index is -1.13. The van der Waals surface area contributed by atoms with Crippen LogP contribution in [0.2, 0.25) is 0 Å². The number of carboxylic acids is 1. The minimum Gasteiger partial charge on any atom is -0.487 e. The first-order chi connectivity index (χ1) is 10.1. The number of carboxylic acid groups (broad SMARTS) is 1. The van der Waals surface area contributed by atoms with E-state index in [1.807, 2.05) is 13.8 Å². The summed E-state index contributed by atoms with van der Waals surface area (Å²) in [6.45, 7) is 5.64. The second-order valence-corrected chi connectivity index (χ2v) is 4.71. The van der Waals surface area contributed by atoms with Gasteiger partial charge in [-0.3, -0.25) is 0 Å². The molecule has 7 nitrogen and oxygen atoms in total. The molecular formula is C14H22N2O5. The number of hydrogen-bond acceptors (Lipinski definition) is 6. The van der Waals surface area contributed by atoms with Crippen molar-refractivity contribution in [3.05, 3.63) is 17.7 Å². The van der Waals surface area contributed by atoms with Gasteiger partial charge in [-0.25, -0.2) is 14.8 Å². The summed E-state index contributed by atoms with van der Waals surface area (Å²) in [7, 11) is 1.64. The largest absolute Gasteiger partial charge is 0.487 e. The molecule has 118 valence electrons. The third-order valence-electron chi connectivity index (χ3n) is 2.62. The maximum atomic E-state index is 11.2. The van der Waals surface area contributed by atoms with E-state index < -0.39 is 5.97 Å². The van der Waals surface area contributed by atoms with Crippen molar-refractivity contribution in [2.45, 2.75) is 26.2 Å². The predicted octanol–water partition coefficient (Wildman–Crippen LogP) is 1.73. The molecule has 1 rings (SSSR count). The zero-order chi connectivity index (χ0) is 15.7. The number of carbonyl (C=O) groups is 1. The monoisotopic (exact) mass is 298 g/mol. The summed E-state index contributed by atoms with van der Waals surface area (Å²) >= 11 is 0. The topological polar surface area (TPSA) is 90.8 Å². The molecule has 0 bridgehead atoms. The second-order valence-electron chi connectivity index (χ2n) is 4.71. The predicted molar refractivity (Wildman–Crippen MR) is 75.9 cm³/mol. The maximum absolute atomic E-state index is 11.2. The molecule has 0 radical (unpaired) electrons. The summed E-state index contributed by atoms with van der Waals surface area (Å²) in [6.07, 6.45) is 2.21. The molecule has 1 aromatic rings. The average molecular weight is 298 g/mol. The lowest BCUT2D eigenvalue weighted by Gasteiger charge is -2.11. The van der Waals surface area contributed by atoms with E-state index in [1.165, 1.54) is 6.20 Å². The van der Waals surface area contributed by atoms with Crippen LogP contribution in [0.4, 0.5) is 0 Å². The Morgan fingerprint density at radius 1 is 1.29 bits per heavy atom. The van der Waals surface area contributed by atoms with E-state index in [-0.39, 0.29) is 24.0 Å². The Hall–Kier alpha value is -1.73. The van der Waals surface area contributed by atoms with Gasteiger partial charge in [-0.05, 0) is 6.42 Å². The molecule has 0 saturated carbocycles. The Morgan fingerprint density at radius 3 is 2.67 bits per heavy atom. The van der Waals surface area contributed by atoms with Crippen molar-refractivity contribution in [1.82, 2.24) is 9.97 Å². The van der Waals surface area contributed by atoms with Gasteiger partial charge in [0.05, 0.1) is 12.8 Å². The second kappa shape index (κ2) is 9.25. The summed E-state index contributed by atoms with van der Waals surface area (Å²) in [5.74, 6) is -0.431. The molecule has 0 aliphatic rings. The quantitative estimate of drug-likeness (QED) is 0.658. The first-order valence-corrected chi connectivity index (χ1v) is 6.86. The first-order valence-electron chi connectivity index (χ1n) is 6.86. The van der Waals surface area contributed by atoms with Gasteiger partial charge >= 0.3 is 5.97 Å². The van der Waals surface area contributed by atoms with Crippen molar-refractivity contribution in [3.63, 3.8) is 0 Å². The Labute approximate surface area is 124 Å². The molecule has 0 fully saturated rings. The van der Waals surface area contributed by atoms with Gasteiger partial charge in [0.1, 0.15) is 12.4 Å². The highest BCUT2D eigenvalue weighted by molar-refractivity contribution is 5.88. The molecule has 21 heavy (non-hydrogen) atoms. The summed E-state index contributed by atoms with van der Waals surface area (Å²) in [6, 6.07) is 0. The van der Waals surface area contributed by atoms with Crippen LogP contribution in [0, 0.1) is 0 Å². The van der Waals surface area contributed by atoms with E-state index in [2.05, 4.69) is 9.97 Å². The molecule has 7 heteroatoms. The average Bonchev–Trinajstić information content (AvgIpc) is 2.46. The zero-order valence-corrected chi connectivity index (χ0v) is 12.7. The SMILES string of the molecule is COCCCOCCOc1cnc(C(C)C)nc1C(=O)O. The van der Waals surface area contributed by atoms with Gasteiger partial charge in [-0.1, -0.05) is 13.8 Å². The van der Waals surface area contributed by atoms with Gasteiger partial charge in [-0.2, -0.15) is 0 Å². The Bertz CT molecular complexity index is 451. The number of rotatable bonds is 10. The molecule has 0 aromatic carbocycles. The summed E-state index contributed by atoms with van der Waals surface area (Å²) in [5.41, 5.74) is -0.118. The van der Waals surface area contributed by atoms with Crippen molar-refractivity contribution in [2.75, 3.05) is 33.5 Å². The highest BCUT2D eigenvalue weighted by Crippen LogP contribution is 2.18. The molecule has 1 N–H and O–H groups in total. The van der Waals surface area contributed by atoms with Crippen LogP contribution in [0.1, 0.15) is 42.5 Å². The molecule has 0 aliphatic carbocycles. The lowest BCUT2D eigenvalue weighted by molar-refractivity contribution is 0.0668. The fourth-order valence-corrected chi connectivity index (χ4v) is 1.54. The molecule has 0 amide bonds. The van der Waals surface area contributed by atoms with Gasteiger partial charge in [0.2, 0.25) is 0 Å². The van der Waals surface area contributed by atoms with Crippen LogP contribution >= 0.6 is 0 Å². The van der Waals surface area contributed by atoms with Crippen LogP contribution in [-0.4, -0.2) is 54.6 Å². The van der Waals surface area contributed by atoms with Crippen molar-refractivity contribution >= 4 is 5.97 Å². The molecule has 0 saturated heterocycles. The van der Waals surface area contributed by atoms with E-state index in [0.29, 0.717) is 25.6 Å². The normalized spacial score (nSPS) is 10.9. The van der Waals surface area contributed by atoms with Gasteiger partial charge in [0.15, 0.2) is 11.4 Å². The van der Waals surface area contributed by atoms with Crippen molar-refractivity contribution in [3.8, 4) is 5.75 Å².